The summed E-state index contributed by atoms with van der Waals surface area (Å²) in [5.41, 5.74) is 2.20. The van der Waals surface area contributed by atoms with Gasteiger partial charge in [-0.05, 0) is 24.5 Å². The Hall–Kier alpha value is -1.27. The summed E-state index contributed by atoms with van der Waals surface area (Å²) in [6, 6.07) is 8.01. The SMILES string of the molecule is O=C1CC(S(=O)(=O)Cl)CN1Cc1ccccc1N1CCCC1. The Morgan fingerprint density at radius 1 is 1.18 bits per heavy atom. The number of anilines is 1. The third-order valence-corrected chi connectivity index (χ3v) is 6.24. The molecule has 1 atom stereocenters. The maximum atomic E-state index is 12.1. The second-order valence-corrected chi connectivity index (χ2v) is 8.81. The van der Waals surface area contributed by atoms with Crippen LogP contribution in [-0.2, 0) is 20.4 Å². The summed E-state index contributed by atoms with van der Waals surface area (Å²) in [5, 5.41) is -0.791. The highest BCUT2D eigenvalue weighted by atomic mass is 35.7. The molecular weight excluding hydrogens is 324 g/mol. The van der Waals surface area contributed by atoms with Crippen molar-refractivity contribution < 1.29 is 13.2 Å². The van der Waals surface area contributed by atoms with E-state index in [1.165, 1.54) is 12.8 Å². The number of carbonyl (C=O) groups is 1. The number of para-hydroxylation sites is 1. The maximum absolute atomic E-state index is 12.1. The quantitative estimate of drug-likeness (QED) is 0.785. The van der Waals surface area contributed by atoms with Crippen LogP contribution >= 0.6 is 10.7 Å². The Morgan fingerprint density at radius 2 is 1.86 bits per heavy atom. The van der Waals surface area contributed by atoms with Gasteiger partial charge in [-0.1, -0.05) is 18.2 Å². The zero-order valence-corrected chi connectivity index (χ0v) is 13.8. The molecular formula is C15H19ClN2O3S. The van der Waals surface area contributed by atoms with E-state index in [-0.39, 0.29) is 18.9 Å². The Labute approximate surface area is 135 Å². The lowest BCUT2D eigenvalue weighted by atomic mass is 10.1. The second-order valence-electron chi connectivity index (χ2n) is 5.90. The first-order chi connectivity index (χ1) is 10.4. The van der Waals surface area contributed by atoms with Gasteiger partial charge in [0.25, 0.3) is 0 Å². The monoisotopic (exact) mass is 342 g/mol. The van der Waals surface area contributed by atoms with E-state index >= 15 is 0 Å². The summed E-state index contributed by atoms with van der Waals surface area (Å²) in [6.07, 6.45) is 2.35. The average Bonchev–Trinajstić information content (AvgIpc) is 3.10. The number of rotatable bonds is 4. The van der Waals surface area contributed by atoms with Crippen LogP contribution in [0.5, 0.6) is 0 Å². The van der Waals surface area contributed by atoms with Crippen molar-refractivity contribution in [3.63, 3.8) is 0 Å². The molecule has 0 aliphatic carbocycles. The normalized spacial score (nSPS) is 22.6. The Bertz CT molecular complexity index is 671. The molecule has 120 valence electrons. The molecule has 22 heavy (non-hydrogen) atoms. The summed E-state index contributed by atoms with van der Waals surface area (Å²) < 4.78 is 22.9. The van der Waals surface area contributed by atoms with Crippen molar-refractivity contribution in [1.29, 1.82) is 0 Å². The number of amides is 1. The lowest BCUT2D eigenvalue weighted by Crippen LogP contribution is -2.28. The number of hydrogen-bond acceptors (Lipinski definition) is 4. The fourth-order valence-electron chi connectivity index (χ4n) is 3.19. The van der Waals surface area contributed by atoms with Crippen molar-refractivity contribution in [2.75, 3.05) is 24.5 Å². The molecule has 3 rings (SSSR count). The predicted octanol–water partition coefficient (Wildman–Crippen LogP) is 1.96. The summed E-state index contributed by atoms with van der Waals surface area (Å²) in [4.78, 5) is 16.0. The summed E-state index contributed by atoms with van der Waals surface area (Å²) in [5.74, 6) is -0.148. The first kappa shape index (κ1) is 15.6. The van der Waals surface area contributed by atoms with E-state index in [1.807, 2.05) is 18.2 Å². The molecule has 1 unspecified atom stereocenters. The fourth-order valence-corrected chi connectivity index (χ4v) is 4.25. The minimum absolute atomic E-state index is 0.0162. The lowest BCUT2D eigenvalue weighted by Gasteiger charge is -2.24. The molecule has 1 aromatic rings. The summed E-state index contributed by atoms with van der Waals surface area (Å²) >= 11 is 0. The van der Waals surface area contributed by atoms with Crippen LogP contribution in [0.15, 0.2) is 24.3 Å². The van der Waals surface area contributed by atoms with E-state index in [9.17, 15) is 13.2 Å². The van der Waals surface area contributed by atoms with Crippen molar-refractivity contribution in [2.45, 2.75) is 31.1 Å². The van der Waals surface area contributed by atoms with Crippen molar-refractivity contribution in [3.8, 4) is 0 Å². The minimum Gasteiger partial charge on any atom is -0.371 e. The molecule has 0 bridgehead atoms. The molecule has 0 aromatic heterocycles. The molecule has 5 nitrogen and oxygen atoms in total. The van der Waals surface area contributed by atoms with Crippen molar-refractivity contribution in [1.82, 2.24) is 4.90 Å². The molecule has 0 saturated carbocycles. The van der Waals surface area contributed by atoms with Crippen molar-refractivity contribution in [2.24, 2.45) is 0 Å². The summed E-state index contributed by atoms with van der Waals surface area (Å²) in [6.45, 7) is 2.68. The lowest BCUT2D eigenvalue weighted by molar-refractivity contribution is -0.128. The van der Waals surface area contributed by atoms with E-state index in [0.29, 0.717) is 6.54 Å². The molecule has 2 heterocycles. The van der Waals surface area contributed by atoms with Gasteiger partial charge in [-0.3, -0.25) is 4.79 Å². The zero-order valence-electron chi connectivity index (χ0n) is 12.2. The van der Waals surface area contributed by atoms with Crippen LogP contribution in [0.25, 0.3) is 0 Å². The van der Waals surface area contributed by atoms with Gasteiger partial charge in [-0.25, -0.2) is 8.42 Å². The number of halogens is 1. The van der Waals surface area contributed by atoms with Crippen LogP contribution in [0.1, 0.15) is 24.8 Å². The standard InChI is InChI=1S/C15H19ClN2O3S/c16-22(20,21)13-9-15(19)18(11-13)10-12-5-1-2-6-14(12)17-7-3-4-8-17/h1-2,5-6,13H,3-4,7-11H2. The number of nitrogens with zero attached hydrogens (tertiary/aromatic N) is 2. The molecule has 1 amide bonds. The van der Waals surface area contributed by atoms with Crippen LogP contribution in [0.2, 0.25) is 0 Å². The number of likely N-dealkylation sites (tertiary alicyclic amines) is 1. The maximum Gasteiger partial charge on any atom is 0.237 e. The molecule has 2 aliphatic heterocycles. The molecule has 2 aliphatic rings. The van der Waals surface area contributed by atoms with Gasteiger partial charge >= 0.3 is 0 Å². The Balaban J connectivity index is 1.78. The van der Waals surface area contributed by atoms with Crippen LogP contribution in [0.3, 0.4) is 0 Å². The van der Waals surface area contributed by atoms with Gasteiger partial charge < -0.3 is 9.80 Å². The van der Waals surface area contributed by atoms with Crippen LogP contribution < -0.4 is 4.90 Å². The second kappa shape index (κ2) is 6.08. The van der Waals surface area contributed by atoms with E-state index in [4.69, 9.17) is 10.7 Å². The minimum atomic E-state index is -3.69. The van der Waals surface area contributed by atoms with Crippen LogP contribution in [0, 0.1) is 0 Å². The van der Waals surface area contributed by atoms with E-state index in [0.717, 1.165) is 24.3 Å². The highest BCUT2D eigenvalue weighted by Gasteiger charge is 2.37. The number of hydrogen-bond donors (Lipinski definition) is 0. The van der Waals surface area contributed by atoms with Gasteiger partial charge in [0.1, 0.15) is 5.25 Å². The van der Waals surface area contributed by atoms with Crippen LogP contribution in [0.4, 0.5) is 5.69 Å². The van der Waals surface area contributed by atoms with Gasteiger partial charge in [0, 0.05) is 49.0 Å². The Kier molecular flexibility index (Phi) is 4.32. The largest absolute Gasteiger partial charge is 0.371 e. The van der Waals surface area contributed by atoms with E-state index < -0.39 is 14.3 Å². The third-order valence-electron chi connectivity index (χ3n) is 4.38. The number of carbonyl (C=O) groups excluding carboxylic acids is 1. The highest BCUT2D eigenvalue weighted by Crippen LogP contribution is 2.28. The van der Waals surface area contributed by atoms with Crippen molar-refractivity contribution >= 4 is 31.3 Å². The first-order valence-electron chi connectivity index (χ1n) is 7.49. The smallest absolute Gasteiger partial charge is 0.237 e. The highest BCUT2D eigenvalue weighted by molar-refractivity contribution is 8.14. The number of benzene rings is 1. The molecule has 0 N–H and O–H groups in total. The van der Waals surface area contributed by atoms with Gasteiger partial charge in [0.15, 0.2) is 0 Å². The molecule has 0 spiro atoms. The molecule has 7 heteroatoms. The molecule has 1 aromatic carbocycles. The Morgan fingerprint density at radius 3 is 2.50 bits per heavy atom. The molecule has 2 saturated heterocycles. The van der Waals surface area contributed by atoms with Gasteiger partial charge in [-0.2, -0.15) is 0 Å². The predicted molar refractivity (Wildman–Crippen MR) is 86.5 cm³/mol. The average molecular weight is 343 g/mol. The summed E-state index contributed by atoms with van der Waals surface area (Å²) in [7, 11) is 1.71. The van der Waals surface area contributed by atoms with E-state index in [2.05, 4.69) is 11.0 Å². The topological polar surface area (TPSA) is 57.7 Å². The molecule has 2 fully saturated rings. The first-order valence-corrected chi connectivity index (χ1v) is 9.86. The van der Waals surface area contributed by atoms with Crippen molar-refractivity contribution in [3.05, 3.63) is 29.8 Å². The van der Waals surface area contributed by atoms with E-state index in [1.54, 1.807) is 4.90 Å². The van der Waals surface area contributed by atoms with Gasteiger partial charge in [0.05, 0.1) is 0 Å². The zero-order chi connectivity index (χ0) is 15.7. The molecule has 0 radical (unpaired) electrons. The van der Waals surface area contributed by atoms with Gasteiger partial charge in [0.2, 0.25) is 15.0 Å². The van der Waals surface area contributed by atoms with Gasteiger partial charge in [-0.15, -0.1) is 0 Å². The third kappa shape index (κ3) is 3.22. The fraction of sp³-hybridized carbons (Fsp3) is 0.533. The van der Waals surface area contributed by atoms with Crippen LogP contribution in [-0.4, -0.2) is 44.1 Å².